The van der Waals surface area contributed by atoms with Crippen molar-refractivity contribution in [3.63, 3.8) is 0 Å². The van der Waals surface area contributed by atoms with E-state index < -0.39 is 0 Å². The van der Waals surface area contributed by atoms with E-state index in [2.05, 4.69) is 39.4 Å². The zero-order chi connectivity index (χ0) is 11.7. The second kappa shape index (κ2) is 4.78. The lowest BCUT2D eigenvalue weighted by Gasteiger charge is -2.29. The molecule has 1 N–H and O–H groups in total. The molecule has 3 rings (SSSR count). The van der Waals surface area contributed by atoms with Crippen molar-refractivity contribution in [2.45, 2.75) is 31.2 Å². The third-order valence-corrected chi connectivity index (χ3v) is 4.13. The van der Waals surface area contributed by atoms with Crippen LogP contribution < -0.4 is 5.32 Å². The summed E-state index contributed by atoms with van der Waals surface area (Å²) in [5.41, 5.74) is 1.42. The van der Waals surface area contributed by atoms with Gasteiger partial charge in [0.15, 0.2) is 0 Å². The molecule has 1 aromatic heterocycles. The zero-order valence-corrected chi connectivity index (χ0v) is 10.6. The van der Waals surface area contributed by atoms with E-state index in [1.807, 2.05) is 0 Å². The normalized spacial score (nSPS) is 30.9. The summed E-state index contributed by atoms with van der Waals surface area (Å²) in [6.07, 6.45) is 8.18. The van der Waals surface area contributed by atoms with Crippen molar-refractivity contribution in [2.75, 3.05) is 33.2 Å². The molecule has 3 heterocycles. The van der Waals surface area contributed by atoms with Crippen LogP contribution in [0.5, 0.6) is 0 Å². The third kappa shape index (κ3) is 2.38. The van der Waals surface area contributed by atoms with Gasteiger partial charge in [-0.2, -0.15) is 5.10 Å². The minimum absolute atomic E-state index is 0.580. The minimum Gasteiger partial charge on any atom is -0.316 e. The van der Waals surface area contributed by atoms with Gasteiger partial charge in [0.2, 0.25) is 0 Å². The van der Waals surface area contributed by atoms with E-state index in [0.717, 1.165) is 19.6 Å². The fraction of sp³-hybridized carbons (Fsp3) is 0.769. The summed E-state index contributed by atoms with van der Waals surface area (Å²) >= 11 is 0. The first kappa shape index (κ1) is 11.2. The molecule has 0 bridgehead atoms. The molecule has 0 radical (unpaired) electrons. The molecule has 2 atom stereocenters. The number of hydrogen-bond donors (Lipinski definition) is 1. The van der Waals surface area contributed by atoms with Gasteiger partial charge in [0, 0.05) is 25.2 Å². The van der Waals surface area contributed by atoms with Crippen LogP contribution in [0.25, 0.3) is 0 Å². The van der Waals surface area contributed by atoms with Crippen LogP contribution in [0, 0.1) is 0 Å². The van der Waals surface area contributed by atoms with E-state index in [-0.39, 0.29) is 0 Å². The van der Waals surface area contributed by atoms with Gasteiger partial charge in [-0.15, -0.1) is 0 Å². The molecule has 2 saturated heterocycles. The van der Waals surface area contributed by atoms with E-state index in [4.69, 9.17) is 0 Å². The average molecular weight is 234 g/mol. The number of likely N-dealkylation sites (tertiary alicyclic amines) is 1. The van der Waals surface area contributed by atoms with Gasteiger partial charge in [0.25, 0.3) is 0 Å². The van der Waals surface area contributed by atoms with Crippen molar-refractivity contribution in [2.24, 2.45) is 0 Å². The van der Waals surface area contributed by atoms with Crippen LogP contribution >= 0.6 is 0 Å². The molecule has 0 amide bonds. The van der Waals surface area contributed by atoms with Gasteiger partial charge in [0.05, 0.1) is 12.2 Å². The SMILES string of the molecule is CN1CCCC(n2cc(C3CCNC3)cn2)C1. The van der Waals surface area contributed by atoms with Crippen LogP contribution in [0.2, 0.25) is 0 Å². The lowest BCUT2D eigenvalue weighted by molar-refractivity contribution is 0.202. The third-order valence-electron chi connectivity index (χ3n) is 4.13. The van der Waals surface area contributed by atoms with Crippen molar-refractivity contribution in [3.05, 3.63) is 18.0 Å². The first-order valence-corrected chi connectivity index (χ1v) is 6.76. The Morgan fingerprint density at radius 2 is 2.35 bits per heavy atom. The Kier molecular flexibility index (Phi) is 3.16. The Morgan fingerprint density at radius 1 is 1.41 bits per heavy atom. The fourth-order valence-corrected chi connectivity index (χ4v) is 3.06. The number of aromatic nitrogens is 2. The second-order valence-electron chi connectivity index (χ2n) is 5.50. The summed E-state index contributed by atoms with van der Waals surface area (Å²) in [5.74, 6) is 0.685. The van der Waals surface area contributed by atoms with Gasteiger partial charge in [-0.25, -0.2) is 0 Å². The summed E-state index contributed by atoms with van der Waals surface area (Å²) in [4.78, 5) is 2.41. The first-order valence-electron chi connectivity index (χ1n) is 6.76. The molecular formula is C13H22N4. The van der Waals surface area contributed by atoms with E-state index in [1.54, 1.807) is 0 Å². The van der Waals surface area contributed by atoms with Gasteiger partial charge in [-0.3, -0.25) is 4.68 Å². The van der Waals surface area contributed by atoms with E-state index in [1.165, 1.54) is 31.4 Å². The predicted molar refractivity (Wildman–Crippen MR) is 68.2 cm³/mol. The summed E-state index contributed by atoms with van der Waals surface area (Å²) in [5, 5.41) is 8.00. The summed E-state index contributed by atoms with van der Waals surface area (Å²) in [7, 11) is 2.21. The molecule has 2 aliphatic rings. The second-order valence-corrected chi connectivity index (χ2v) is 5.50. The Labute approximate surface area is 103 Å². The number of nitrogens with one attached hydrogen (secondary N) is 1. The minimum atomic E-state index is 0.580. The van der Waals surface area contributed by atoms with E-state index >= 15 is 0 Å². The zero-order valence-electron chi connectivity index (χ0n) is 10.6. The van der Waals surface area contributed by atoms with Gasteiger partial charge < -0.3 is 10.2 Å². The number of likely N-dealkylation sites (N-methyl/N-ethyl adjacent to an activating group) is 1. The predicted octanol–water partition coefficient (Wildman–Crippen LogP) is 1.23. The highest BCUT2D eigenvalue weighted by atomic mass is 15.3. The van der Waals surface area contributed by atoms with Crippen molar-refractivity contribution < 1.29 is 0 Å². The highest BCUT2D eigenvalue weighted by Gasteiger charge is 2.22. The quantitative estimate of drug-likeness (QED) is 0.835. The van der Waals surface area contributed by atoms with Crippen LogP contribution in [0.1, 0.15) is 36.8 Å². The van der Waals surface area contributed by atoms with Crippen molar-refractivity contribution in [3.8, 4) is 0 Å². The molecular weight excluding hydrogens is 212 g/mol. The molecule has 2 fully saturated rings. The molecule has 0 aromatic carbocycles. The maximum atomic E-state index is 4.58. The molecule has 1 aromatic rings. The summed E-state index contributed by atoms with van der Waals surface area (Å²) in [6.45, 7) is 4.65. The molecule has 4 nitrogen and oxygen atoms in total. The Balaban J connectivity index is 1.70. The van der Waals surface area contributed by atoms with Crippen molar-refractivity contribution >= 4 is 0 Å². The van der Waals surface area contributed by atoms with Crippen molar-refractivity contribution in [1.29, 1.82) is 0 Å². The Hall–Kier alpha value is -0.870. The van der Waals surface area contributed by atoms with E-state index in [0.29, 0.717) is 12.0 Å². The average Bonchev–Trinajstić information content (AvgIpc) is 3.00. The number of rotatable bonds is 2. The molecule has 0 aliphatic carbocycles. The fourth-order valence-electron chi connectivity index (χ4n) is 3.06. The monoisotopic (exact) mass is 234 g/mol. The summed E-state index contributed by atoms with van der Waals surface area (Å²) in [6, 6.07) is 0.580. The van der Waals surface area contributed by atoms with Crippen LogP contribution in [0.15, 0.2) is 12.4 Å². The Bertz CT molecular complexity index is 367. The van der Waals surface area contributed by atoms with Crippen LogP contribution in [-0.4, -0.2) is 47.9 Å². The molecule has 2 aliphatic heterocycles. The van der Waals surface area contributed by atoms with Gasteiger partial charge in [-0.05, 0) is 45.0 Å². The van der Waals surface area contributed by atoms with Crippen LogP contribution in [0.3, 0.4) is 0 Å². The molecule has 4 heteroatoms. The largest absolute Gasteiger partial charge is 0.316 e. The van der Waals surface area contributed by atoms with Crippen LogP contribution in [-0.2, 0) is 0 Å². The Morgan fingerprint density at radius 3 is 3.12 bits per heavy atom. The molecule has 0 spiro atoms. The highest BCUT2D eigenvalue weighted by Crippen LogP contribution is 2.25. The lowest BCUT2D eigenvalue weighted by atomic mass is 10.0. The smallest absolute Gasteiger partial charge is 0.0646 e. The molecule has 94 valence electrons. The van der Waals surface area contributed by atoms with Gasteiger partial charge >= 0.3 is 0 Å². The van der Waals surface area contributed by atoms with Gasteiger partial charge in [-0.1, -0.05) is 0 Å². The first-order chi connectivity index (χ1) is 8.33. The van der Waals surface area contributed by atoms with Crippen molar-refractivity contribution in [1.82, 2.24) is 20.0 Å². The number of nitrogens with zero attached hydrogens (tertiary/aromatic N) is 3. The molecule has 0 saturated carbocycles. The van der Waals surface area contributed by atoms with Crippen LogP contribution in [0.4, 0.5) is 0 Å². The lowest BCUT2D eigenvalue weighted by Crippen LogP contribution is -2.33. The topological polar surface area (TPSA) is 33.1 Å². The molecule has 17 heavy (non-hydrogen) atoms. The highest BCUT2D eigenvalue weighted by molar-refractivity contribution is 5.14. The maximum absolute atomic E-state index is 4.58. The number of hydrogen-bond acceptors (Lipinski definition) is 3. The van der Waals surface area contributed by atoms with Gasteiger partial charge in [0.1, 0.15) is 0 Å². The number of piperidine rings is 1. The summed E-state index contributed by atoms with van der Waals surface area (Å²) < 4.78 is 2.20. The maximum Gasteiger partial charge on any atom is 0.0646 e. The standard InChI is InChI=1S/C13H22N4/c1-16-6-2-3-13(10-16)17-9-12(8-15-17)11-4-5-14-7-11/h8-9,11,13-14H,2-7,10H2,1H3. The molecule has 2 unspecified atom stereocenters. The van der Waals surface area contributed by atoms with E-state index in [9.17, 15) is 0 Å².